The molecule has 0 unspecified atom stereocenters. The Labute approximate surface area is 111 Å². The summed E-state index contributed by atoms with van der Waals surface area (Å²) in [7, 11) is 1.45. The maximum Gasteiger partial charge on any atom is 0.176 e. The molecule has 0 atom stereocenters. The van der Waals surface area contributed by atoms with E-state index in [4.69, 9.17) is 16.3 Å². The number of halogens is 1. The van der Waals surface area contributed by atoms with Gasteiger partial charge in [-0.15, -0.1) is 0 Å². The summed E-state index contributed by atoms with van der Waals surface area (Å²) >= 11 is 5.87. The number of methoxy groups -OCH3 is 1. The molecule has 96 valence electrons. The van der Waals surface area contributed by atoms with Gasteiger partial charge in [0.25, 0.3) is 0 Å². The summed E-state index contributed by atoms with van der Waals surface area (Å²) in [5.41, 5.74) is 0.564. The monoisotopic (exact) mass is 266 g/mol. The molecule has 0 heterocycles. The number of phenols is 1. The van der Waals surface area contributed by atoms with Gasteiger partial charge in [0.1, 0.15) is 0 Å². The standard InChI is InChI=1S/C14H15ClO3/c1-14(5-6-14)12(16)4-3-9-7-10(15)13(17)11(8-9)18-2/h3-4,7-8,17H,5-6H2,1-2H3/b4-3+. The lowest BCUT2D eigenvalue weighted by atomic mass is 10.0. The Hall–Kier alpha value is -1.48. The zero-order valence-electron chi connectivity index (χ0n) is 10.4. The van der Waals surface area contributed by atoms with Gasteiger partial charge in [-0.2, -0.15) is 0 Å². The van der Waals surface area contributed by atoms with Gasteiger partial charge in [0.2, 0.25) is 0 Å². The van der Waals surface area contributed by atoms with Crippen molar-refractivity contribution in [1.82, 2.24) is 0 Å². The minimum absolute atomic E-state index is 0.0863. The maximum absolute atomic E-state index is 11.8. The van der Waals surface area contributed by atoms with E-state index < -0.39 is 0 Å². The largest absolute Gasteiger partial charge is 0.503 e. The van der Waals surface area contributed by atoms with Gasteiger partial charge in [0, 0.05) is 5.41 Å². The van der Waals surface area contributed by atoms with E-state index in [-0.39, 0.29) is 22.0 Å². The summed E-state index contributed by atoms with van der Waals surface area (Å²) in [4.78, 5) is 11.8. The van der Waals surface area contributed by atoms with Crippen molar-refractivity contribution in [2.75, 3.05) is 7.11 Å². The van der Waals surface area contributed by atoms with Crippen molar-refractivity contribution in [3.63, 3.8) is 0 Å². The van der Waals surface area contributed by atoms with Crippen LogP contribution >= 0.6 is 11.6 Å². The molecule has 1 aromatic rings. The fraction of sp³-hybridized carbons (Fsp3) is 0.357. The molecule has 0 bridgehead atoms. The molecule has 1 fully saturated rings. The molecule has 0 saturated heterocycles. The second kappa shape index (κ2) is 4.65. The van der Waals surface area contributed by atoms with Crippen LogP contribution in [-0.4, -0.2) is 18.0 Å². The molecule has 1 saturated carbocycles. The van der Waals surface area contributed by atoms with Gasteiger partial charge in [-0.3, -0.25) is 4.79 Å². The van der Waals surface area contributed by atoms with E-state index in [0.717, 1.165) is 18.4 Å². The molecule has 1 aliphatic rings. The molecule has 1 aliphatic carbocycles. The highest BCUT2D eigenvalue weighted by Crippen LogP contribution is 2.46. The Morgan fingerprint density at radius 2 is 2.17 bits per heavy atom. The van der Waals surface area contributed by atoms with Crippen molar-refractivity contribution >= 4 is 23.5 Å². The molecular weight excluding hydrogens is 252 g/mol. The zero-order valence-corrected chi connectivity index (χ0v) is 11.1. The summed E-state index contributed by atoms with van der Waals surface area (Å²) < 4.78 is 5.00. The van der Waals surface area contributed by atoms with E-state index in [9.17, 15) is 9.90 Å². The van der Waals surface area contributed by atoms with E-state index >= 15 is 0 Å². The summed E-state index contributed by atoms with van der Waals surface area (Å²) in [6.45, 7) is 1.96. The first-order valence-electron chi connectivity index (χ1n) is 5.75. The second-order valence-electron chi connectivity index (χ2n) is 4.81. The van der Waals surface area contributed by atoms with Crippen LogP contribution in [0.1, 0.15) is 25.3 Å². The van der Waals surface area contributed by atoms with Gasteiger partial charge in [0.05, 0.1) is 12.1 Å². The molecule has 0 amide bonds. The van der Waals surface area contributed by atoms with Crippen LogP contribution in [0.5, 0.6) is 11.5 Å². The highest BCUT2D eigenvalue weighted by Gasteiger charge is 2.42. The van der Waals surface area contributed by atoms with Crippen LogP contribution in [0, 0.1) is 5.41 Å². The number of ketones is 1. The van der Waals surface area contributed by atoms with E-state index in [1.165, 1.54) is 7.11 Å². The Morgan fingerprint density at radius 1 is 1.50 bits per heavy atom. The number of ether oxygens (including phenoxy) is 1. The normalized spacial score (nSPS) is 16.8. The van der Waals surface area contributed by atoms with Crippen LogP contribution in [0.2, 0.25) is 5.02 Å². The minimum Gasteiger partial charge on any atom is -0.503 e. The third-order valence-electron chi connectivity index (χ3n) is 3.29. The zero-order chi connectivity index (χ0) is 13.3. The summed E-state index contributed by atoms with van der Waals surface area (Å²) in [5.74, 6) is 0.342. The molecule has 1 N–H and O–H groups in total. The highest BCUT2D eigenvalue weighted by atomic mass is 35.5. The van der Waals surface area contributed by atoms with Crippen molar-refractivity contribution in [3.8, 4) is 11.5 Å². The number of allylic oxidation sites excluding steroid dienone is 1. The van der Waals surface area contributed by atoms with E-state index in [0.29, 0.717) is 5.75 Å². The fourth-order valence-electron chi connectivity index (χ4n) is 1.65. The van der Waals surface area contributed by atoms with Gasteiger partial charge in [-0.25, -0.2) is 0 Å². The van der Waals surface area contributed by atoms with Gasteiger partial charge in [0.15, 0.2) is 17.3 Å². The van der Waals surface area contributed by atoms with Crippen molar-refractivity contribution in [2.45, 2.75) is 19.8 Å². The van der Waals surface area contributed by atoms with Crippen molar-refractivity contribution in [2.24, 2.45) is 5.41 Å². The lowest BCUT2D eigenvalue weighted by Crippen LogP contribution is -2.07. The minimum atomic E-state index is -0.165. The Balaban J connectivity index is 2.21. The highest BCUT2D eigenvalue weighted by molar-refractivity contribution is 6.32. The molecule has 18 heavy (non-hydrogen) atoms. The molecule has 0 radical (unpaired) electrons. The predicted molar refractivity (Wildman–Crippen MR) is 71.1 cm³/mol. The number of carbonyl (C=O) groups is 1. The lowest BCUT2D eigenvalue weighted by molar-refractivity contribution is -0.118. The number of hydrogen-bond donors (Lipinski definition) is 1. The van der Waals surface area contributed by atoms with Crippen molar-refractivity contribution < 1.29 is 14.6 Å². The topological polar surface area (TPSA) is 46.5 Å². The number of hydrogen-bond acceptors (Lipinski definition) is 3. The quantitative estimate of drug-likeness (QED) is 0.849. The first-order valence-corrected chi connectivity index (χ1v) is 6.13. The molecule has 2 rings (SSSR count). The molecule has 4 heteroatoms. The van der Waals surface area contributed by atoms with Crippen molar-refractivity contribution in [3.05, 3.63) is 28.8 Å². The molecule has 3 nitrogen and oxygen atoms in total. The summed E-state index contributed by atoms with van der Waals surface area (Å²) in [6, 6.07) is 3.23. The summed E-state index contributed by atoms with van der Waals surface area (Å²) in [6.07, 6.45) is 5.17. The Morgan fingerprint density at radius 3 is 2.72 bits per heavy atom. The fourth-order valence-corrected chi connectivity index (χ4v) is 1.87. The molecule has 0 spiro atoms. The third-order valence-corrected chi connectivity index (χ3v) is 3.58. The van der Waals surface area contributed by atoms with E-state index in [2.05, 4.69) is 0 Å². The van der Waals surface area contributed by atoms with Crippen LogP contribution in [0.25, 0.3) is 6.08 Å². The SMILES string of the molecule is COc1cc(/C=C/C(=O)C2(C)CC2)cc(Cl)c1O. The van der Waals surface area contributed by atoms with Crippen LogP contribution in [0.3, 0.4) is 0 Å². The molecular formula is C14H15ClO3. The van der Waals surface area contributed by atoms with E-state index in [1.54, 1.807) is 24.3 Å². The van der Waals surface area contributed by atoms with Gasteiger partial charge in [-0.1, -0.05) is 24.6 Å². The predicted octanol–water partition coefficient (Wildman–Crippen LogP) is 3.44. The number of aromatic hydroxyl groups is 1. The number of benzene rings is 1. The first kappa shape index (κ1) is 13.0. The molecule has 1 aromatic carbocycles. The summed E-state index contributed by atoms with van der Waals surface area (Å²) in [5, 5.41) is 9.80. The van der Waals surface area contributed by atoms with Gasteiger partial charge >= 0.3 is 0 Å². The van der Waals surface area contributed by atoms with Gasteiger partial charge in [-0.05, 0) is 36.6 Å². The van der Waals surface area contributed by atoms with Crippen LogP contribution < -0.4 is 4.74 Å². The molecule has 0 aliphatic heterocycles. The Kier molecular flexibility index (Phi) is 3.35. The van der Waals surface area contributed by atoms with Crippen LogP contribution in [0.15, 0.2) is 18.2 Å². The van der Waals surface area contributed by atoms with Crippen LogP contribution in [-0.2, 0) is 4.79 Å². The van der Waals surface area contributed by atoms with E-state index in [1.807, 2.05) is 6.92 Å². The average Bonchev–Trinajstić information content (AvgIpc) is 3.09. The Bertz CT molecular complexity index is 516. The second-order valence-corrected chi connectivity index (χ2v) is 5.22. The molecule has 0 aromatic heterocycles. The first-order chi connectivity index (χ1) is 8.46. The average molecular weight is 267 g/mol. The smallest absolute Gasteiger partial charge is 0.176 e. The third kappa shape index (κ3) is 2.51. The number of phenolic OH excluding ortho intramolecular Hbond substituents is 1. The van der Waals surface area contributed by atoms with Crippen LogP contribution in [0.4, 0.5) is 0 Å². The van der Waals surface area contributed by atoms with Crippen molar-refractivity contribution in [1.29, 1.82) is 0 Å². The maximum atomic E-state index is 11.8. The van der Waals surface area contributed by atoms with Gasteiger partial charge < -0.3 is 9.84 Å². The number of carbonyl (C=O) groups excluding carboxylic acids is 1. The number of rotatable bonds is 4. The lowest BCUT2D eigenvalue weighted by Gasteiger charge is -2.06.